The summed E-state index contributed by atoms with van der Waals surface area (Å²) in [7, 11) is 0. The van der Waals surface area contributed by atoms with Crippen molar-refractivity contribution in [3.8, 4) is 0 Å². The standard InChI is InChI=1S/C38H74O2/c1-3-5-7-9-11-13-15-17-19-20-21-22-24-26-28-30-32-34-36-37(38(39)40)35-33-31-29-27-25-23-18-16-14-12-10-8-6-4-2/h17,19,37H,3-16,18,20-36H2,1-2H3,(H,39,40)/b19-17-. The second-order valence-corrected chi connectivity index (χ2v) is 12.9. The Morgan fingerprint density at radius 2 is 0.675 bits per heavy atom. The molecule has 1 unspecified atom stereocenters. The lowest BCUT2D eigenvalue weighted by Gasteiger charge is -2.12. The Kier molecular flexibility index (Phi) is 33.7. The van der Waals surface area contributed by atoms with Gasteiger partial charge in [0.25, 0.3) is 0 Å². The molecule has 0 spiro atoms. The Morgan fingerprint density at radius 3 is 0.950 bits per heavy atom. The third kappa shape index (κ3) is 31.7. The summed E-state index contributed by atoms with van der Waals surface area (Å²) in [6.07, 6.45) is 46.8. The second-order valence-electron chi connectivity index (χ2n) is 12.9. The lowest BCUT2D eigenvalue weighted by Crippen LogP contribution is -2.13. The number of aliphatic carboxylic acids is 1. The molecule has 0 aromatic rings. The molecule has 0 radical (unpaired) electrons. The number of carbonyl (C=O) groups is 1. The maximum absolute atomic E-state index is 11.7. The van der Waals surface area contributed by atoms with Crippen molar-refractivity contribution in [3.63, 3.8) is 0 Å². The first-order valence-electron chi connectivity index (χ1n) is 18.6. The average molecular weight is 563 g/mol. The van der Waals surface area contributed by atoms with Crippen LogP contribution in [-0.2, 0) is 4.79 Å². The zero-order chi connectivity index (χ0) is 29.2. The molecule has 0 aromatic heterocycles. The van der Waals surface area contributed by atoms with Gasteiger partial charge in [0.2, 0.25) is 0 Å². The Balaban J connectivity index is 3.41. The highest BCUT2D eigenvalue weighted by atomic mass is 16.4. The quantitative estimate of drug-likeness (QED) is 0.0625. The monoisotopic (exact) mass is 563 g/mol. The number of rotatable bonds is 34. The van der Waals surface area contributed by atoms with Crippen LogP contribution in [0.2, 0.25) is 0 Å². The summed E-state index contributed by atoms with van der Waals surface area (Å²) in [6, 6.07) is 0. The van der Waals surface area contributed by atoms with Gasteiger partial charge in [-0.1, -0.05) is 193 Å². The van der Waals surface area contributed by atoms with Gasteiger partial charge >= 0.3 is 5.97 Å². The zero-order valence-corrected chi connectivity index (χ0v) is 27.7. The second kappa shape index (κ2) is 34.4. The summed E-state index contributed by atoms with van der Waals surface area (Å²) in [6.45, 7) is 4.57. The molecule has 2 nitrogen and oxygen atoms in total. The molecule has 1 N–H and O–H groups in total. The van der Waals surface area contributed by atoms with Crippen molar-refractivity contribution >= 4 is 5.97 Å². The van der Waals surface area contributed by atoms with E-state index in [0.717, 1.165) is 25.7 Å². The summed E-state index contributed by atoms with van der Waals surface area (Å²) >= 11 is 0. The Labute approximate surface area is 253 Å². The third-order valence-electron chi connectivity index (χ3n) is 8.82. The minimum atomic E-state index is -0.560. The zero-order valence-electron chi connectivity index (χ0n) is 27.7. The summed E-state index contributed by atoms with van der Waals surface area (Å²) < 4.78 is 0. The van der Waals surface area contributed by atoms with Crippen LogP contribution in [0.25, 0.3) is 0 Å². The highest BCUT2D eigenvalue weighted by molar-refractivity contribution is 5.69. The van der Waals surface area contributed by atoms with Crippen LogP contribution in [0.5, 0.6) is 0 Å². The molecule has 0 aromatic carbocycles. The maximum atomic E-state index is 11.7. The van der Waals surface area contributed by atoms with Crippen molar-refractivity contribution in [2.45, 2.75) is 219 Å². The largest absolute Gasteiger partial charge is 0.481 e. The van der Waals surface area contributed by atoms with E-state index in [0.29, 0.717) is 0 Å². The molecule has 0 aliphatic rings. The number of carboxylic acid groups (broad SMARTS) is 1. The molecule has 40 heavy (non-hydrogen) atoms. The summed E-state index contributed by atoms with van der Waals surface area (Å²) in [5.74, 6) is -0.665. The summed E-state index contributed by atoms with van der Waals surface area (Å²) in [5, 5.41) is 9.62. The van der Waals surface area contributed by atoms with E-state index in [1.807, 2.05) is 0 Å². The molecule has 0 aliphatic heterocycles. The number of allylic oxidation sites excluding steroid dienone is 2. The SMILES string of the molecule is CCCCCCCC/C=C\CCCCCCCCCCC(CCCCCCCCCCCCCCCC)C(=O)O. The molecule has 0 rings (SSSR count). The fraction of sp³-hybridized carbons (Fsp3) is 0.921. The highest BCUT2D eigenvalue weighted by Gasteiger charge is 2.16. The molecule has 0 fully saturated rings. The molecule has 0 amide bonds. The van der Waals surface area contributed by atoms with Crippen molar-refractivity contribution < 1.29 is 9.90 Å². The van der Waals surface area contributed by atoms with Crippen molar-refractivity contribution in [1.82, 2.24) is 0 Å². The molecule has 2 heteroatoms. The third-order valence-corrected chi connectivity index (χ3v) is 8.82. The first-order chi connectivity index (χ1) is 19.7. The number of hydrogen-bond donors (Lipinski definition) is 1. The van der Waals surface area contributed by atoms with E-state index in [1.165, 1.54) is 180 Å². The van der Waals surface area contributed by atoms with Gasteiger partial charge in [-0.05, 0) is 38.5 Å². The Morgan fingerprint density at radius 1 is 0.425 bits per heavy atom. The summed E-state index contributed by atoms with van der Waals surface area (Å²) in [5.41, 5.74) is 0. The van der Waals surface area contributed by atoms with E-state index in [4.69, 9.17) is 0 Å². The molecule has 238 valence electrons. The lowest BCUT2D eigenvalue weighted by molar-refractivity contribution is -0.142. The van der Waals surface area contributed by atoms with Crippen LogP contribution in [0.4, 0.5) is 0 Å². The fourth-order valence-electron chi connectivity index (χ4n) is 5.97. The predicted octanol–water partition coefficient (Wildman–Crippen LogP) is 13.8. The Bertz CT molecular complexity index is 512. The lowest BCUT2D eigenvalue weighted by atomic mass is 9.94. The molecule has 1 atom stereocenters. The van der Waals surface area contributed by atoms with Crippen LogP contribution in [0.15, 0.2) is 12.2 Å². The van der Waals surface area contributed by atoms with Gasteiger partial charge in [-0.3, -0.25) is 4.79 Å². The number of carboxylic acids is 1. The van der Waals surface area contributed by atoms with Crippen LogP contribution >= 0.6 is 0 Å². The van der Waals surface area contributed by atoms with Gasteiger partial charge in [0.05, 0.1) is 5.92 Å². The first kappa shape index (κ1) is 39.2. The van der Waals surface area contributed by atoms with Crippen molar-refractivity contribution in [3.05, 3.63) is 12.2 Å². The predicted molar refractivity (Wildman–Crippen MR) is 179 cm³/mol. The van der Waals surface area contributed by atoms with E-state index < -0.39 is 5.97 Å². The normalized spacial score (nSPS) is 12.4. The smallest absolute Gasteiger partial charge is 0.306 e. The van der Waals surface area contributed by atoms with Gasteiger partial charge in [0, 0.05) is 0 Å². The van der Waals surface area contributed by atoms with Crippen LogP contribution < -0.4 is 0 Å². The van der Waals surface area contributed by atoms with Gasteiger partial charge in [0.15, 0.2) is 0 Å². The minimum absolute atomic E-state index is 0.105. The van der Waals surface area contributed by atoms with Gasteiger partial charge in [-0.15, -0.1) is 0 Å². The first-order valence-corrected chi connectivity index (χ1v) is 18.6. The van der Waals surface area contributed by atoms with Gasteiger partial charge < -0.3 is 5.11 Å². The Hall–Kier alpha value is -0.790. The van der Waals surface area contributed by atoms with Crippen molar-refractivity contribution in [2.75, 3.05) is 0 Å². The average Bonchev–Trinajstić information content (AvgIpc) is 2.95. The summed E-state index contributed by atoms with van der Waals surface area (Å²) in [4.78, 5) is 11.7. The topological polar surface area (TPSA) is 37.3 Å². The van der Waals surface area contributed by atoms with E-state index in [1.54, 1.807) is 0 Å². The van der Waals surface area contributed by atoms with Crippen LogP contribution in [-0.4, -0.2) is 11.1 Å². The van der Waals surface area contributed by atoms with E-state index in [2.05, 4.69) is 26.0 Å². The molecular formula is C38H74O2. The van der Waals surface area contributed by atoms with Crippen LogP contribution in [0.1, 0.15) is 219 Å². The van der Waals surface area contributed by atoms with Gasteiger partial charge in [-0.25, -0.2) is 0 Å². The minimum Gasteiger partial charge on any atom is -0.481 e. The molecular weight excluding hydrogens is 488 g/mol. The molecule has 0 bridgehead atoms. The van der Waals surface area contributed by atoms with Crippen LogP contribution in [0.3, 0.4) is 0 Å². The van der Waals surface area contributed by atoms with Gasteiger partial charge in [0.1, 0.15) is 0 Å². The highest BCUT2D eigenvalue weighted by Crippen LogP contribution is 2.20. The maximum Gasteiger partial charge on any atom is 0.306 e. The van der Waals surface area contributed by atoms with Crippen molar-refractivity contribution in [1.29, 1.82) is 0 Å². The number of unbranched alkanes of at least 4 members (excludes halogenated alkanes) is 27. The van der Waals surface area contributed by atoms with E-state index in [-0.39, 0.29) is 5.92 Å². The molecule has 0 saturated carbocycles. The van der Waals surface area contributed by atoms with Crippen LogP contribution in [0, 0.1) is 5.92 Å². The van der Waals surface area contributed by atoms with E-state index in [9.17, 15) is 9.90 Å². The molecule has 0 heterocycles. The van der Waals surface area contributed by atoms with E-state index >= 15 is 0 Å². The van der Waals surface area contributed by atoms with Gasteiger partial charge in [-0.2, -0.15) is 0 Å². The molecule has 0 saturated heterocycles. The number of hydrogen-bond acceptors (Lipinski definition) is 1. The molecule has 0 aliphatic carbocycles. The fourth-order valence-corrected chi connectivity index (χ4v) is 5.97. The van der Waals surface area contributed by atoms with Crippen molar-refractivity contribution in [2.24, 2.45) is 5.92 Å².